The number of hydrogen-bond donors (Lipinski definition) is 1. The molecule has 2 aliphatic heterocycles. The van der Waals surface area contributed by atoms with Crippen LogP contribution < -0.4 is 5.32 Å². The lowest BCUT2D eigenvalue weighted by Crippen LogP contribution is -2.48. The molecule has 3 rings (SSSR count). The van der Waals surface area contributed by atoms with Crippen LogP contribution in [0.1, 0.15) is 44.9 Å². The Morgan fingerprint density at radius 2 is 1.89 bits per heavy atom. The predicted molar refractivity (Wildman–Crippen MR) is 73.9 cm³/mol. The average Bonchev–Trinajstić information content (AvgIpc) is 3.31. The number of carbonyl (C=O) groups excluding carboxylic acids is 1. The Kier molecular flexibility index (Phi) is 4.38. The number of piperidine rings is 1. The van der Waals surface area contributed by atoms with Gasteiger partial charge in [0.25, 0.3) is 0 Å². The fourth-order valence-electron chi connectivity index (χ4n) is 3.30. The van der Waals surface area contributed by atoms with E-state index in [0.717, 1.165) is 39.1 Å². The third kappa shape index (κ3) is 3.48. The molecule has 3 fully saturated rings. The van der Waals surface area contributed by atoms with Gasteiger partial charge in [0, 0.05) is 37.8 Å². The maximum Gasteiger partial charge on any atom is 0.226 e. The number of ether oxygens (including phenoxy) is 1. The van der Waals surface area contributed by atoms with Gasteiger partial charge in [0.15, 0.2) is 0 Å². The van der Waals surface area contributed by atoms with Crippen LogP contribution in [0.4, 0.5) is 0 Å². The summed E-state index contributed by atoms with van der Waals surface area (Å²) in [5, 5.41) is 3.57. The van der Waals surface area contributed by atoms with Gasteiger partial charge in [0.2, 0.25) is 5.91 Å². The lowest BCUT2D eigenvalue weighted by atomic mass is 9.97. The summed E-state index contributed by atoms with van der Waals surface area (Å²) in [6.45, 7) is 3.57. The fraction of sp³-hybridized carbons (Fsp3) is 0.933. The van der Waals surface area contributed by atoms with Crippen molar-refractivity contribution in [1.29, 1.82) is 0 Å². The summed E-state index contributed by atoms with van der Waals surface area (Å²) < 4.78 is 5.37. The second-order valence-electron chi connectivity index (χ2n) is 6.26. The van der Waals surface area contributed by atoms with Crippen molar-refractivity contribution in [2.45, 2.75) is 57.0 Å². The Morgan fingerprint density at radius 1 is 1.11 bits per heavy atom. The zero-order chi connectivity index (χ0) is 13.1. The van der Waals surface area contributed by atoms with Gasteiger partial charge in [-0.05, 0) is 45.1 Å². The highest BCUT2D eigenvalue weighted by Gasteiger charge is 2.37. The molecule has 1 N–H and O–H groups in total. The van der Waals surface area contributed by atoms with Gasteiger partial charge in [-0.2, -0.15) is 0 Å². The highest BCUT2D eigenvalue weighted by atomic mass is 16.5. The topological polar surface area (TPSA) is 41.6 Å². The molecule has 1 saturated carbocycles. The van der Waals surface area contributed by atoms with Crippen LogP contribution in [0.15, 0.2) is 0 Å². The summed E-state index contributed by atoms with van der Waals surface area (Å²) in [6.07, 6.45) is 8.07. The van der Waals surface area contributed by atoms with Crippen LogP contribution in [-0.4, -0.2) is 49.2 Å². The number of hydrogen-bond acceptors (Lipinski definition) is 3. The van der Waals surface area contributed by atoms with Gasteiger partial charge in [-0.1, -0.05) is 6.42 Å². The number of carbonyl (C=O) groups is 1. The van der Waals surface area contributed by atoms with Crippen LogP contribution in [0.5, 0.6) is 0 Å². The predicted octanol–water partition coefficient (Wildman–Crippen LogP) is 1.55. The molecule has 3 aliphatic rings. The molecule has 1 amide bonds. The lowest BCUT2D eigenvalue weighted by Gasteiger charge is -2.34. The molecule has 1 unspecified atom stereocenters. The molecule has 1 aliphatic carbocycles. The van der Waals surface area contributed by atoms with Crippen LogP contribution in [0.3, 0.4) is 0 Å². The number of nitrogens with one attached hydrogen (secondary N) is 1. The van der Waals surface area contributed by atoms with Gasteiger partial charge in [-0.3, -0.25) is 4.79 Å². The first-order valence-corrected chi connectivity index (χ1v) is 7.96. The van der Waals surface area contributed by atoms with Crippen molar-refractivity contribution >= 4 is 5.91 Å². The SMILES string of the molecule is O=C(C1CCOCC1)N(CC1CCCCN1)C1CC1. The van der Waals surface area contributed by atoms with E-state index >= 15 is 0 Å². The van der Waals surface area contributed by atoms with Crippen molar-refractivity contribution < 1.29 is 9.53 Å². The molecule has 0 aromatic rings. The normalized spacial score (nSPS) is 29.2. The Bertz CT molecular complexity index is 305. The Morgan fingerprint density at radius 3 is 2.53 bits per heavy atom. The van der Waals surface area contributed by atoms with Gasteiger partial charge < -0.3 is 15.0 Å². The van der Waals surface area contributed by atoms with E-state index in [2.05, 4.69) is 10.2 Å². The van der Waals surface area contributed by atoms with Gasteiger partial charge in [-0.25, -0.2) is 0 Å². The van der Waals surface area contributed by atoms with Crippen molar-refractivity contribution in [3.05, 3.63) is 0 Å². The van der Waals surface area contributed by atoms with Gasteiger partial charge in [0.05, 0.1) is 0 Å². The van der Waals surface area contributed by atoms with E-state index < -0.39 is 0 Å². The molecule has 108 valence electrons. The Labute approximate surface area is 115 Å². The third-order valence-electron chi connectivity index (χ3n) is 4.67. The van der Waals surface area contributed by atoms with E-state index in [9.17, 15) is 4.79 Å². The van der Waals surface area contributed by atoms with Crippen LogP contribution in [0, 0.1) is 5.92 Å². The summed E-state index contributed by atoms with van der Waals surface area (Å²) in [4.78, 5) is 14.9. The van der Waals surface area contributed by atoms with E-state index in [1.807, 2.05) is 0 Å². The zero-order valence-corrected chi connectivity index (χ0v) is 11.8. The minimum Gasteiger partial charge on any atom is -0.381 e. The van der Waals surface area contributed by atoms with Crippen molar-refractivity contribution in [2.24, 2.45) is 5.92 Å². The standard InChI is InChI=1S/C15H26N2O2/c18-15(12-6-9-19-10-7-12)17(14-4-5-14)11-13-3-1-2-8-16-13/h12-14,16H,1-11H2. The van der Waals surface area contributed by atoms with Gasteiger partial charge in [-0.15, -0.1) is 0 Å². The van der Waals surface area contributed by atoms with Crippen LogP contribution in [0.2, 0.25) is 0 Å². The largest absolute Gasteiger partial charge is 0.381 e. The Hall–Kier alpha value is -0.610. The summed E-state index contributed by atoms with van der Waals surface area (Å²) in [6, 6.07) is 1.07. The molecule has 2 saturated heterocycles. The number of amides is 1. The van der Waals surface area contributed by atoms with Crippen LogP contribution >= 0.6 is 0 Å². The monoisotopic (exact) mass is 266 g/mol. The highest BCUT2D eigenvalue weighted by molar-refractivity contribution is 5.79. The summed E-state index contributed by atoms with van der Waals surface area (Å²) in [5.74, 6) is 0.621. The van der Waals surface area contributed by atoms with Crippen LogP contribution in [-0.2, 0) is 9.53 Å². The lowest BCUT2D eigenvalue weighted by molar-refractivity contribution is -0.139. The van der Waals surface area contributed by atoms with E-state index in [4.69, 9.17) is 4.74 Å². The van der Waals surface area contributed by atoms with Crippen molar-refractivity contribution in [1.82, 2.24) is 10.2 Å². The minimum atomic E-state index is 0.220. The first-order chi connectivity index (χ1) is 9.34. The number of nitrogens with zero attached hydrogens (tertiary/aromatic N) is 1. The molecule has 1 atom stereocenters. The summed E-state index contributed by atoms with van der Waals surface area (Å²) in [7, 11) is 0. The van der Waals surface area contributed by atoms with Crippen LogP contribution in [0.25, 0.3) is 0 Å². The first kappa shape index (κ1) is 13.4. The Balaban J connectivity index is 1.57. The van der Waals surface area contributed by atoms with Crippen molar-refractivity contribution in [3.63, 3.8) is 0 Å². The van der Waals surface area contributed by atoms with Gasteiger partial charge >= 0.3 is 0 Å². The van der Waals surface area contributed by atoms with E-state index in [0.29, 0.717) is 18.0 Å². The van der Waals surface area contributed by atoms with E-state index in [-0.39, 0.29) is 5.92 Å². The molecule has 4 nitrogen and oxygen atoms in total. The first-order valence-electron chi connectivity index (χ1n) is 7.96. The summed E-state index contributed by atoms with van der Waals surface area (Å²) in [5.41, 5.74) is 0. The molecule has 0 aromatic heterocycles. The maximum absolute atomic E-state index is 12.7. The molecule has 0 spiro atoms. The van der Waals surface area contributed by atoms with Gasteiger partial charge in [0.1, 0.15) is 0 Å². The zero-order valence-electron chi connectivity index (χ0n) is 11.8. The summed E-state index contributed by atoms with van der Waals surface area (Å²) >= 11 is 0. The molecule has 0 bridgehead atoms. The quantitative estimate of drug-likeness (QED) is 0.839. The smallest absolute Gasteiger partial charge is 0.226 e. The molecule has 0 aromatic carbocycles. The molecule has 0 radical (unpaired) electrons. The van der Waals surface area contributed by atoms with Crippen molar-refractivity contribution in [3.8, 4) is 0 Å². The van der Waals surface area contributed by atoms with Crippen molar-refractivity contribution in [2.75, 3.05) is 26.3 Å². The maximum atomic E-state index is 12.7. The molecular formula is C15H26N2O2. The molecular weight excluding hydrogens is 240 g/mol. The van der Waals surface area contributed by atoms with E-state index in [1.165, 1.54) is 32.1 Å². The minimum absolute atomic E-state index is 0.220. The number of rotatable bonds is 4. The fourth-order valence-corrected chi connectivity index (χ4v) is 3.30. The average molecular weight is 266 g/mol. The second-order valence-corrected chi connectivity index (χ2v) is 6.26. The third-order valence-corrected chi connectivity index (χ3v) is 4.67. The van der Waals surface area contributed by atoms with E-state index in [1.54, 1.807) is 0 Å². The molecule has 19 heavy (non-hydrogen) atoms. The molecule has 4 heteroatoms. The highest BCUT2D eigenvalue weighted by Crippen LogP contribution is 2.30. The molecule has 2 heterocycles. The second kappa shape index (κ2) is 6.23.